The van der Waals surface area contributed by atoms with Crippen LogP contribution >= 0.6 is 0 Å². The molecule has 2 aromatic carbocycles. The molecular weight excluding hydrogens is 340 g/mol. The summed E-state index contributed by atoms with van der Waals surface area (Å²) in [4.78, 5) is 0. The number of aliphatic hydroxyl groups is 2. The monoisotopic (exact) mass is 370 g/mol. The summed E-state index contributed by atoms with van der Waals surface area (Å²) in [7, 11) is 2.64. The zero-order valence-corrected chi connectivity index (χ0v) is 16.8. The molecule has 0 fully saturated rings. The first-order valence-corrected chi connectivity index (χ1v) is 8.98. The number of aromatic nitrogens is 2. The molecule has 0 saturated heterocycles. The van der Waals surface area contributed by atoms with E-state index in [-0.39, 0.29) is 6.61 Å². The number of ether oxygens (including phenoxy) is 1. The van der Waals surface area contributed by atoms with Crippen molar-refractivity contribution in [1.82, 2.24) is 9.78 Å². The molecule has 3 aromatic rings. The fourth-order valence-electron chi connectivity index (χ4n) is 2.36. The minimum atomic E-state index is -0.0813. The van der Waals surface area contributed by atoms with Crippen molar-refractivity contribution >= 4 is 0 Å². The molecule has 0 spiro atoms. The van der Waals surface area contributed by atoms with Crippen LogP contribution < -0.4 is 4.74 Å². The van der Waals surface area contributed by atoms with Crippen molar-refractivity contribution in [2.75, 3.05) is 14.2 Å². The number of nitrogens with zero attached hydrogens (tertiary/aromatic N) is 2. The number of rotatable bonds is 4. The predicted molar refractivity (Wildman–Crippen MR) is 110 cm³/mol. The van der Waals surface area contributed by atoms with E-state index in [0.29, 0.717) is 5.69 Å². The van der Waals surface area contributed by atoms with E-state index in [2.05, 4.69) is 50.1 Å². The highest BCUT2D eigenvalue weighted by Crippen LogP contribution is 2.25. The molecule has 0 unspecified atom stereocenters. The summed E-state index contributed by atoms with van der Waals surface area (Å²) < 4.78 is 7.03. The van der Waals surface area contributed by atoms with Crippen molar-refractivity contribution in [3.63, 3.8) is 0 Å². The van der Waals surface area contributed by atoms with E-state index in [1.165, 1.54) is 12.0 Å². The minimum Gasteiger partial charge on any atom is -0.497 e. The van der Waals surface area contributed by atoms with Gasteiger partial charge in [-0.3, -0.25) is 0 Å². The van der Waals surface area contributed by atoms with Gasteiger partial charge in [-0.1, -0.05) is 50.1 Å². The Balaban J connectivity index is 0.000000665. The Bertz CT molecular complexity index is 778. The van der Waals surface area contributed by atoms with E-state index < -0.39 is 0 Å². The average molecular weight is 370 g/mol. The lowest BCUT2D eigenvalue weighted by molar-refractivity contribution is 0.276. The molecule has 0 atom stereocenters. The van der Waals surface area contributed by atoms with Gasteiger partial charge in [-0.25, -0.2) is 4.68 Å². The highest BCUT2D eigenvalue weighted by molar-refractivity contribution is 5.63. The van der Waals surface area contributed by atoms with Crippen LogP contribution in [0.4, 0.5) is 0 Å². The van der Waals surface area contributed by atoms with Gasteiger partial charge in [0.25, 0.3) is 0 Å². The van der Waals surface area contributed by atoms with Crippen LogP contribution in [0.3, 0.4) is 0 Å². The number of hydrogen-bond donors (Lipinski definition) is 2. The van der Waals surface area contributed by atoms with E-state index in [9.17, 15) is 5.11 Å². The van der Waals surface area contributed by atoms with E-state index >= 15 is 0 Å². The highest BCUT2D eigenvalue weighted by atomic mass is 16.5. The number of benzene rings is 2. The Morgan fingerprint density at radius 3 is 2.00 bits per heavy atom. The maximum Gasteiger partial charge on any atom is 0.119 e. The van der Waals surface area contributed by atoms with Crippen molar-refractivity contribution in [3.8, 4) is 22.7 Å². The van der Waals surface area contributed by atoms with Crippen LogP contribution in [-0.4, -0.2) is 34.2 Å². The molecule has 3 rings (SSSR count). The Kier molecular flexibility index (Phi) is 9.86. The van der Waals surface area contributed by atoms with Gasteiger partial charge < -0.3 is 14.9 Å². The number of methoxy groups -OCH3 is 1. The van der Waals surface area contributed by atoms with Gasteiger partial charge in [-0.2, -0.15) is 5.10 Å². The molecule has 5 nitrogen and oxygen atoms in total. The SMILES string of the molecule is CCC.CO.COc1ccc(-n2nc(CO)cc2-c2ccc(C)cc2)cc1. The lowest BCUT2D eigenvalue weighted by Gasteiger charge is -2.09. The third kappa shape index (κ3) is 6.24. The molecular formula is C22H30N2O3. The van der Waals surface area contributed by atoms with Crippen LogP contribution in [0.15, 0.2) is 54.6 Å². The molecule has 27 heavy (non-hydrogen) atoms. The summed E-state index contributed by atoms with van der Waals surface area (Å²) in [5, 5.41) is 20.9. The van der Waals surface area contributed by atoms with Crippen LogP contribution in [0.2, 0.25) is 0 Å². The van der Waals surface area contributed by atoms with Crippen molar-refractivity contribution in [2.45, 2.75) is 33.8 Å². The lowest BCUT2D eigenvalue weighted by Crippen LogP contribution is -2.00. The smallest absolute Gasteiger partial charge is 0.119 e. The van der Waals surface area contributed by atoms with Crippen LogP contribution in [0.1, 0.15) is 31.5 Å². The zero-order valence-electron chi connectivity index (χ0n) is 16.8. The fourth-order valence-corrected chi connectivity index (χ4v) is 2.36. The summed E-state index contributed by atoms with van der Waals surface area (Å²) in [6.45, 7) is 6.23. The van der Waals surface area contributed by atoms with Gasteiger partial charge in [-0.15, -0.1) is 0 Å². The molecule has 0 bridgehead atoms. The van der Waals surface area contributed by atoms with Gasteiger partial charge in [0.15, 0.2) is 0 Å². The fraction of sp³-hybridized carbons (Fsp3) is 0.318. The van der Waals surface area contributed by atoms with Crippen LogP contribution in [-0.2, 0) is 6.61 Å². The van der Waals surface area contributed by atoms with E-state index in [1.54, 1.807) is 7.11 Å². The second kappa shape index (κ2) is 11.9. The summed E-state index contributed by atoms with van der Waals surface area (Å²) in [6.07, 6.45) is 1.25. The zero-order chi connectivity index (χ0) is 20.2. The highest BCUT2D eigenvalue weighted by Gasteiger charge is 2.11. The normalized spacial score (nSPS) is 9.59. The third-order valence-corrected chi connectivity index (χ3v) is 3.59. The Morgan fingerprint density at radius 2 is 1.52 bits per heavy atom. The topological polar surface area (TPSA) is 67.5 Å². The molecule has 0 amide bonds. The quantitative estimate of drug-likeness (QED) is 0.715. The van der Waals surface area contributed by atoms with Gasteiger partial charge >= 0.3 is 0 Å². The standard InChI is InChI=1S/C18H18N2O2.C3H8.CH4O/c1-13-3-5-14(6-4-13)18-11-15(12-21)19-20(18)16-7-9-17(22-2)10-8-16;1-3-2;1-2/h3-11,21H,12H2,1-2H3;3H2,1-2H3;2H,1H3. The average Bonchev–Trinajstić information content (AvgIpc) is 3.15. The largest absolute Gasteiger partial charge is 0.497 e. The Labute approximate surface area is 161 Å². The molecule has 146 valence electrons. The number of hydrogen-bond acceptors (Lipinski definition) is 4. The Morgan fingerprint density at radius 1 is 0.963 bits per heavy atom. The van der Waals surface area contributed by atoms with Crippen molar-refractivity contribution < 1.29 is 14.9 Å². The summed E-state index contributed by atoms with van der Waals surface area (Å²) in [5.74, 6) is 0.801. The van der Waals surface area contributed by atoms with Gasteiger partial charge in [0.1, 0.15) is 5.75 Å². The van der Waals surface area contributed by atoms with E-state index in [0.717, 1.165) is 29.8 Å². The van der Waals surface area contributed by atoms with Crippen LogP contribution in [0.5, 0.6) is 5.75 Å². The summed E-state index contributed by atoms with van der Waals surface area (Å²) in [5.41, 5.74) is 4.80. The van der Waals surface area contributed by atoms with E-state index in [4.69, 9.17) is 9.84 Å². The second-order valence-electron chi connectivity index (χ2n) is 5.86. The molecule has 0 radical (unpaired) electrons. The molecule has 5 heteroatoms. The molecule has 0 aliphatic carbocycles. The molecule has 0 aliphatic heterocycles. The number of aliphatic hydroxyl groups excluding tert-OH is 2. The second-order valence-corrected chi connectivity index (χ2v) is 5.86. The Hall–Kier alpha value is -2.63. The first-order valence-electron chi connectivity index (χ1n) is 8.98. The molecule has 2 N–H and O–H groups in total. The van der Waals surface area contributed by atoms with Gasteiger partial charge in [0.05, 0.1) is 30.8 Å². The maximum absolute atomic E-state index is 9.40. The molecule has 0 saturated carbocycles. The molecule has 0 aliphatic rings. The minimum absolute atomic E-state index is 0.0813. The van der Waals surface area contributed by atoms with Gasteiger partial charge in [-0.05, 0) is 37.3 Å². The summed E-state index contributed by atoms with van der Waals surface area (Å²) in [6, 6.07) is 17.9. The van der Waals surface area contributed by atoms with Crippen LogP contribution in [0.25, 0.3) is 16.9 Å². The van der Waals surface area contributed by atoms with Crippen molar-refractivity contribution in [1.29, 1.82) is 0 Å². The first kappa shape index (κ1) is 22.4. The van der Waals surface area contributed by atoms with Gasteiger partial charge in [0, 0.05) is 12.7 Å². The van der Waals surface area contributed by atoms with Crippen LogP contribution in [0, 0.1) is 6.92 Å². The van der Waals surface area contributed by atoms with E-state index in [1.807, 2.05) is 35.0 Å². The predicted octanol–water partition coefficient (Wildman–Crippen LogP) is 4.37. The molecule has 1 heterocycles. The first-order chi connectivity index (χ1) is 13.1. The summed E-state index contributed by atoms with van der Waals surface area (Å²) >= 11 is 0. The third-order valence-electron chi connectivity index (χ3n) is 3.59. The number of aryl methyl sites for hydroxylation is 1. The van der Waals surface area contributed by atoms with Crippen molar-refractivity contribution in [2.24, 2.45) is 0 Å². The van der Waals surface area contributed by atoms with Crippen molar-refractivity contribution in [3.05, 3.63) is 65.9 Å². The maximum atomic E-state index is 9.40. The van der Waals surface area contributed by atoms with Gasteiger partial charge in [0.2, 0.25) is 0 Å². The molecule has 1 aromatic heterocycles. The lowest BCUT2D eigenvalue weighted by atomic mass is 10.1.